The Kier molecular flexibility index (Phi) is 3.14. The molecule has 19 heavy (non-hydrogen) atoms. The molecule has 1 aliphatic heterocycles. The van der Waals surface area contributed by atoms with Crippen LogP contribution in [0.4, 0.5) is 5.95 Å². The number of piperidine rings is 1. The lowest BCUT2D eigenvalue weighted by atomic mass is 9.99. The lowest BCUT2D eigenvalue weighted by Gasteiger charge is -2.35. The van der Waals surface area contributed by atoms with Gasteiger partial charge >= 0.3 is 0 Å². The Balaban J connectivity index is 1.74. The van der Waals surface area contributed by atoms with Crippen molar-refractivity contribution < 1.29 is 0 Å². The average molecular weight is 259 g/mol. The monoisotopic (exact) mass is 259 g/mol. The van der Waals surface area contributed by atoms with Crippen LogP contribution in [0.5, 0.6) is 0 Å². The van der Waals surface area contributed by atoms with Crippen LogP contribution in [0.3, 0.4) is 0 Å². The molecule has 0 radical (unpaired) electrons. The number of fused-ring (bicyclic) bond motifs is 1. The van der Waals surface area contributed by atoms with Crippen molar-refractivity contribution in [1.82, 2.24) is 19.5 Å². The minimum Gasteiger partial charge on any atom is -0.350 e. The molecule has 2 aromatic rings. The van der Waals surface area contributed by atoms with Gasteiger partial charge in [-0.05, 0) is 45.4 Å². The van der Waals surface area contributed by atoms with Gasteiger partial charge in [0.1, 0.15) is 0 Å². The minimum absolute atomic E-state index is 0.477. The number of rotatable bonds is 2. The van der Waals surface area contributed by atoms with E-state index in [1.807, 2.05) is 16.8 Å². The van der Waals surface area contributed by atoms with E-state index in [0.717, 1.165) is 31.0 Å². The molecule has 102 valence electrons. The molecular weight excluding hydrogens is 238 g/mol. The smallest absolute Gasteiger partial charge is 0.243 e. The van der Waals surface area contributed by atoms with E-state index in [1.165, 1.54) is 5.56 Å². The van der Waals surface area contributed by atoms with Gasteiger partial charge in [0.05, 0.1) is 0 Å². The maximum absolute atomic E-state index is 4.52. The van der Waals surface area contributed by atoms with Gasteiger partial charge in [0, 0.05) is 24.8 Å². The summed E-state index contributed by atoms with van der Waals surface area (Å²) in [7, 11) is 2.19. The van der Waals surface area contributed by atoms with Crippen molar-refractivity contribution in [2.45, 2.75) is 38.8 Å². The quantitative estimate of drug-likeness (QED) is 0.895. The molecule has 1 fully saturated rings. The predicted octanol–water partition coefficient (Wildman–Crippen LogP) is 1.93. The highest BCUT2D eigenvalue weighted by Gasteiger charge is 2.23. The topological polar surface area (TPSA) is 45.5 Å². The van der Waals surface area contributed by atoms with Crippen LogP contribution >= 0.6 is 0 Å². The van der Waals surface area contributed by atoms with Crippen molar-refractivity contribution in [3.63, 3.8) is 0 Å². The van der Waals surface area contributed by atoms with Crippen molar-refractivity contribution in [1.29, 1.82) is 0 Å². The largest absolute Gasteiger partial charge is 0.350 e. The summed E-state index contributed by atoms with van der Waals surface area (Å²) >= 11 is 0. The van der Waals surface area contributed by atoms with Crippen LogP contribution in [-0.4, -0.2) is 45.2 Å². The lowest BCUT2D eigenvalue weighted by Crippen LogP contribution is -2.42. The molecule has 2 atom stereocenters. The SMILES string of the molecule is Cc1ccc2nc(NC3CCN(C)C(C)C3)nn2c1. The van der Waals surface area contributed by atoms with E-state index in [4.69, 9.17) is 0 Å². The molecule has 0 aromatic carbocycles. The number of aryl methyl sites for hydroxylation is 1. The molecule has 3 rings (SSSR count). The standard InChI is InChI=1S/C14H21N5/c1-10-4-5-13-16-14(17-19(13)9-10)15-12-6-7-18(3)11(2)8-12/h4-5,9,11-12H,6-8H2,1-3H3,(H,15,17). The van der Waals surface area contributed by atoms with E-state index in [2.05, 4.69) is 47.3 Å². The Labute approximate surface area is 113 Å². The van der Waals surface area contributed by atoms with Gasteiger partial charge in [0.25, 0.3) is 0 Å². The summed E-state index contributed by atoms with van der Waals surface area (Å²) in [6.07, 6.45) is 4.30. The highest BCUT2D eigenvalue weighted by molar-refractivity contribution is 5.44. The molecule has 0 aliphatic carbocycles. The van der Waals surface area contributed by atoms with Gasteiger partial charge in [-0.25, -0.2) is 4.52 Å². The van der Waals surface area contributed by atoms with Crippen molar-refractivity contribution >= 4 is 11.6 Å². The molecule has 2 unspecified atom stereocenters. The normalized spacial score (nSPS) is 24.8. The third-order valence-electron chi connectivity index (χ3n) is 4.02. The first-order chi connectivity index (χ1) is 9.11. The van der Waals surface area contributed by atoms with Crippen molar-refractivity contribution in [2.75, 3.05) is 18.9 Å². The molecule has 0 bridgehead atoms. The number of pyridine rings is 1. The second-order valence-corrected chi connectivity index (χ2v) is 5.64. The van der Waals surface area contributed by atoms with Crippen molar-refractivity contribution in [3.8, 4) is 0 Å². The highest BCUT2D eigenvalue weighted by Crippen LogP contribution is 2.18. The molecule has 0 spiro atoms. The molecular formula is C14H21N5. The van der Waals surface area contributed by atoms with E-state index < -0.39 is 0 Å². The van der Waals surface area contributed by atoms with Gasteiger partial charge in [-0.1, -0.05) is 6.07 Å². The van der Waals surface area contributed by atoms with Gasteiger partial charge in [-0.3, -0.25) is 0 Å². The summed E-state index contributed by atoms with van der Waals surface area (Å²) in [6.45, 7) is 5.46. The van der Waals surface area contributed by atoms with Crippen molar-refractivity contribution in [2.24, 2.45) is 0 Å². The van der Waals surface area contributed by atoms with Crippen LogP contribution in [0.1, 0.15) is 25.3 Å². The Bertz CT molecular complexity index is 576. The van der Waals surface area contributed by atoms with E-state index in [-0.39, 0.29) is 0 Å². The van der Waals surface area contributed by atoms with Crippen LogP contribution in [0.25, 0.3) is 5.65 Å². The molecule has 2 aromatic heterocycles. The highest BCUT2D eigenvalue weighted by atomic mass is 15.3. The zero-order valence-electron chi connectivity index (χ0n) is 11.8. The summed E-state index contributed by atoms with van der Waals surface area (Å²) < 4.78 is 1.84. The third-order valence-corrected chi connectivity index (χ3v) is 4.02. The molecule has 3 heterocycles. The first-order valence-corrected chi connectivity index (χ1v) is 6.91. The number of aromatic nitrogens is 3. The summed E-state index contributed by atoms with van der Waals surface area (Å²) in [6, 6.07) is 5.16. The fourth-order valence-corrected chi connectivity index (χ4v) is 2.65. The van der Waals surface area contributed by atoms with E-state index in [9.17, 15) is 0 Å². The van der Waals surface area contributed by atoms with Crippen LogP contribution in [-0.2, 0) is 0 Å². The fourth-order valence-electron chi connectivity index (χ4n) is 2.65. The molecule has 1 aliphatic rings. The maximum Gasteiger partial charge on any atom is 0.243 e. The number of hydrogen-bond acceptors (Lipinski definition) is 4. The summed E-state index contributed by atoms with van der Waals surface area (Å²) in [5.74, 6) is 0.743. The van der Waals surface area contributed by atoms with E-state index in [0.29, 0.717) is 12.1 Å². The maximum atomic E-state index is 4.52. The summed E-state index contributed by atoms with van der Waals surface area (Å²) in [5, 5.41) is 7.96. The molecule has 5 heteroatoms. The van der Waals surface area contributed by atoms with Gasteiger partial charge in [-0.15, -0.1) is 5.10 Å². The average Bonchev–Trinajstić information content (AvgIpc) is 2.75. The third kappa shape index (κ3) is 2.56. The molecule has 1 N–H and O–H groups in total. The van der Waals surface area contributed by atoms with Gasteiger partial charge in [-0.2, -0.15) is 4.98 Å². The number of hydrogen-bond donors (Lipinski definition) is 1. The van der Waals surface area contributed by atoms with E-state index in [1.54, 1.807) is 0 Å². The fraction of sp³-hybridized carbons (Fsp3) is 0.571. The van der Waals surface area contributed by atoms with Crippen LogP contribution in [0, 0.1) is 6.92 Å². The first kappa shape index (κ1) is 12.4. The van der Waals surface area contributed by atoms with Crippen LogP contribution < -0.4 is 5.32 Å². The number of anilines is 1. The summed E-state index contributed by atoms with van der Waals surface area (Å²) in [4.78, 5) is 6.92. The molecule has 5 nitrogen and oxygen atoms in total. The Morgan fingerprint density at radius 1 is 1.37 bits per heavy atom. The second kappa shape index (κ2) is 4.81. The molecule has 0 saturated carbocycles. The Morgan fingerprint density at radius 3 is 3.00 bits per heavy atom. The number of likely N-dealkylation sites (tertiary alicyclic amines) is 1. The van der Waals surface area contributed by atoms with Crippen LogP contribution in [0.15, 0.2) is 18.3 Å². The first-order valence-electron chi connectivity index (χ1n) is 6.91. The predicted molar refractivity (Wildman–Crippen MR) is 76.5 cm³/mol. The van der Waals surface area contributed by atoms with E-state index >= 15 is 0 Å². The summed E-state index contributed by atoms with van der Waals surface area (Å²) in [5.41, 5.74) is 2.09. The van der Waals surface area contributed by atoms with Crippen molar-refractivity contribution in [3.05, 3.63) is 23.9 Å². The van der Waals surface area contributed by atoms with Gasteiger partial charge < -0.3 is 10.2 Å². The lowest BCUT2D eigenvalue weighted by molar-refractivity contribution is 0.190. The zero-order chi connectivity index (χ0) is 13.4. The Morgan fingerprint density at radius 2 is 2.21 bits per heavy atom. The molecule has 0 amide bonds. The van der Waals surface area contributed by atoms with Gasteiger partial charge in [0.15, 0.2) is 5.65 Å². The number of nitrogens with zero attached hydrogens (tertiary/aromatic N) is 4. The van der Waals surface area contributed by atoms with Crippen LogP contribution in [0.2, 0.25) is 0 Å². The Hall–Kier alpha value is -1.62. The van der Waals surface area contributed by atoms with Gasteiger partial charge in [0.2, 0.25) is 5.95 Å². The molecule has 1 saturated heterocycles. The zero-order valence-corrected chi connectivity index (χ0v) is 11.8. The second-order valence-electron chi connectivity index (χ2n) is 5.64. The minimum atomic E-state index is 0.477. The number of nitrogens with one attached hydrogen (secondary N) is 1.